The predicted octanol–water partition coefficient (Wildman–Crippen LogP) is -0.142. The molecule has 0 heterocycles. The highest BCUT2D eigenvalue weighted by Gasteiger charge is 1.95. The first-order chi connectivity index (χ1) is 6.13. The summed E-state index contributed by atoms with van der Waals surface area (Å²) >= 11 is 1.60. The molecule has 0 fully saturated rings. The van der Waals surface area contributed by atoms with Crippen LogP contribution >= 0.6 is 11.8 Å². The lowest BCUT2D eigenvalue weighted by Gasteiger charge is -1.97. The lowest BCUT2D eigenvalue weighted by atomic mass is 10.5. The van der Waals surface area contributed by atoms with Crippen LogP contribution in [-0.2, 0) is 4.79 Å². The van der Waals surface area contributed by atoms with Crippen LogP contribution in [0.5, 0.6) is 0 Å². The fourth-order valence-corrected chi connectivity index (χ4v) is 1.49. The third-order valence-corrected chi connectivity index (χ3v) is 2.27. The van der Waals surface area contributed by atoms with Crippen molar-refractivity contribution < 1.29 is 9.90 Å². The molecule has 0 radical (unpaired) electrons. The highest BCUT2D eigenvalue weighted by molar-refractivity contribution is 7.99. The van der Waals surface area contributed by atoms with Gasteiger partial charge < -0.3 is 16.6 Å². The van der Waals surface area contributed by atoms with Crippen molar-refractivity contribution in [3.05, 3.63) is 0 Å². The van der Waals surface area contributed by atoms with E-state index in [0.29, 0.717) is 12.3 Å². The minimum absolute atomic E-state index is 0.107. The molecule has 5 N–H and O–H groups in total. The van der Waals surface area contributed by atoms with Crippen molar-refractivity contribution in [2.24, 2.45) is 16.5 Å². The molecule has 76 valence electrons. The smallest absolute Gasteiger partial charge is 0.304 e. The lowest BCUT2D eigenvalue weighted by molar-refractivity contribution is -0.136. The number of carboxylic acid groups (broad SMARTS) is 1. The maximum Gasteiger partial charge on any atom is 0.304 e. The van der Waals surface area contributed by atoms with Crippen molar-refractivity contribution >= 4 is 23.7 Å². The molecule has 5 nitrogen and oxygen atoms in total. The van der Waals surface area contributed by atoms with Crippen LogP contribution in [-0.4, -0.2) is 35.1 Å². The Balaban J connectivity index is 3.09. The average Bonchev–Trinajstić information content (AvgIpc) is 2.01. The van der Waals surface area contributed by atoms with E-state index in [0.717, 1.165) is 12.2 Å². The van der Waals surface area contributed by atoms with Gasteiger partial charge in [0.1, 0.15) is 0 Å². The summed E-state index contributed by atoms with van der Waals surface area (Å²) in [7, 11) is 0. The largest absolute Gasteiger partial charge is 0.481 e. The molecule has 13 heavy (non-hydrogen) atoms. The highest BCUT2D eigenvalue weighted by atomic mass is 32.2. The van der Waals surface area contributed by atoms with Crippen LogP contribution in [0.15, 0.2) is 4.99 Å². The van der Waals surface area contributed by atoms with E-state index < -0.39 is 5.97 Å². The normalized spacial score (nSPS) is 9.54. The molecular weight excluding hydrogens is 190 g/mol. The molecule has 0 bridgehead atoms. The van der Waals surface area contributed by atoms with Gasteiger partial charge in [0.25, 0.3) is 0 Å². The van der Waals surface area contributed by atoms with E-state index >= 15 is 0 Å². The van der Waals surface area contributed by atoms with E-state index in [9.17, 15) is 4.79 Å². The number of carboxylic acids is 1. The second kappa shape index (κ2) is 7.72. The Labute approximate surface area is 81.6 Å². The van der Waals surface area contributed by atoms with Gasteiger partial charge in [-0.25, -0.2) is 0 Å². The van der Waals surface area contributed by atoms with Gasteiger partial charge in [0.2, 0.25) is 0 Å². The van der Waals surface area contributed by atoms with Gasteiger partial charge in [0, 0.05) is 12.3 Å². The van der Waals surface area contributed by atoms with Crippen LogP contribution < -0.4 is 11.5 Å². The number of hydrogen-bond acceptors (Lipinski definition) is 3. The Morgan fingerprint density at radius 3 is 2.62 bits per heavy atom. The average molecular weight is 205 g/mol. The van der Waals surface area contributed by atoms with Gasteiger partial charge in [-0.3, -0.25) is 9.79 Å². The van der Waals surface area contributed by atoms with Crippen LogP contribution in [0.1, 0.15) is 12.8 Å². The molecule has 0 atom stereocenters. The molecule has 0 amide bonds. The summed E-state index contributed by atoms with van der Waals surface area (Å²) in [6.45, 7) is 0.613. The summed E-state index contributed by atoms with van der Waals surface area (Å²) in [5.41, 5.74) is 10.2. The van der Waals surface area contributed by atoms with Gasteiger partial charge in [0.15, 0.2) is 5.96 Å². The number of thioether (sulfide) groups is 1. The number of nitrogens with zero attached hydrogens (tertiary/aromatic N) is 1. The summed E-state index contributed by atoms with van der Waals surface area (Å²) in [6.07, 6.45) is 1.09. The molecule has 0 aliphatic carbocycles. The minimum Gasteiger partial charge on any atom is -0.481 e. The predicted molar refractivity (Wildman–Crippen MR) is 54.9 cm³/mol. The van der Waals surface area contributed by atoms with Gasteiger partial charge in [-0.1, -0.05) is 0 Å². The maximum absolute atomic E-state index is 10.1. The van der Waals surface area contributed by atoms with Gasteiger partial charge in [0.05, 0.1) is 6.42 Å². The van der Waals surface area contributed by atoms with E-state index in [1.54, 1.807) is 11.8 Å². The van der Waals surface area contributed by atoms with E-state index in [4.69, 9.17) is 16.6 Å². The molecule has 0 saturated carbocycles. The van der Waals surface area contributed by atoms with Crippen molar-refractivity contribution in [3.63, 3.8) is 0 Å². The Hall–Kier alpha value is -0.910. The highest BCUT2D eigenvalue weighted by Crippen LogP contribution is 2.04. The Morgan fingerprint density at radius 1 is 1.38 bits per heavy atom. The Morgan fingerprint density at radius 2 is 2.08 bits per heavy atom. The van der Waals surface area contributed by atoms with Crippen LogP contribution in [0.3, 0.4) is 0 Å². The molecule has 0 aliphatic heterocycles. The lowest BCUT2D eigenvalue weighted by Crippen LogP contribution is -2.23. The number of aliphatic imine (C=N–C) groups is 1. The summed E-state index contributed by atoms with van der Waals surface area (Å²) in [5, 5.41) is 8.32. The van der Waals surface area contributed by atoms with E-state index in [1.807, 2.05) is 0 Å². The first kappa shape index (κ1) is 12.1. The second-order valence-corrected chi connectivity index (χ2v) is 3.64. The van der Waals surface area contributed by atoms with Crippen LogP contribution in [0.2, 0.25) is 0 Å². The maximum atomic E-state index is 10.1. The second-order valence-electron chi connectivity index (χ2n) is 2.42. The van der Waals surface area contributed by atoms with Gasteiger partial charge in [-0.05, 0) is 12.2 Å². The van der Waals surface area contributed by atoms with E-state index in [1.165, 1.54) is 0 Å². The molecule has 0 aromatic rings. The monoisotopic (exact) mass is 205 g/mol. The van der Waals surface area contributed by atoms with Gasteiger partial charge in [-0.2, -0.15) is 11.8 Å². The number of carbonyl (C=O) groups is 1. The van der Waals surface area contributed by atoms with E-state index in [2.05, 4.69) is 4.99 Å². The molecule has 0 aromatic carbocycles. The Bertz CT molecular complexity index is 181. The quantitative estimate of drug-likeness (QED) is 0.305. The topological polar surface area (TPSA) is 102 Å². The van der Waals surface area contributed by atoms with Crippen molar-refractivity contribution in [2.75, 3.05) is 18.1 Å². The summed E-state index contributed by atoms with van der Waals surface area (Å²) in [4.78, 5) is 13.9. The first-order valence-corrected chi connectivity index (χ1v) is 5.13. The molecule has 0 aliphatic rings. The fourth-order valence-electron chi connectivity index (χ4n) is 0.636. The van der Waals surface area contributed by atoms with Crippen molar-refractivity contribution in [1.29, 1.82) is 0 Å². The van der Waals surface area contributed by atoms with Crippen LogP contribution in [0.25, 0.3) is 0 Å². The van der Waals surface area contributed by atoms with Crippen LogP contribution in [0.4, 0.5) is 0 Å². The van der Waals surface area contributed by atoms with Crippen molar-refractivity contribution in [2.45, 2.75) is 12.8 Å². The number of hydrogen-bond donors (Lipinski definition) is 3. The van der Waals surface area contributed by atoms with Crippen molar-refractivity contribution in [1.82, 2.24) is 0 Å². The number of nitrogens with two attached hydrogens (primary N) is 2. The molecule has 6 heteroatoms. The molecule has 0 rings (SSSR count). The van der Waals surface area contributed by atoms with E-state index in [-0.39, 0.29) is 12.4 Å². The molecular formula is C7H15N3O2S. The molecule has 0 aromatic heterocycles. The minimum atomic E-state index is -0.753. The number of aliphatic carboxylic acids is 1. The standard InChI is InChI=1S/C7H15N3O2S/c8-7(9)10-3-1-4-13-5-2-6(11)12/h1-5H2,(H,11,12)(H4,8,9,10). The zero-order valence-corrected chi connectivity index (χ0v) is 8.22. The van der Waals surface area contributed by atoms with Crippen molar-refractivity contribution in [3.8, 4) is 0 Å². The van der Waals surface area contributed by atoms with Gasteiger partial charge in [-0.15, -0.1) is 0 Å². The van der Waals surface area contributed by atoms with Gasteiger partial charge >= 0.3 is 5.97 Å². The third-order valence-electron chi connectivity index (χ3n) is 1.20. The zero-order valence-electron chi connectivity index (χ0n) is 7.40. The van der Waals surface area contributed by atoms with Crippen LogP contribution in [0, 0.1) is 0 Å². The number of guanidine groups is 1. The molecule has 0 unspecified atom stereocenters. The SMILES string of the molecule is NC(N)=NCCCSCCC(=O)O. The number of rotatable bonds is 7. The summed E-state index contributed by atoms with van der Waals surface area (Å²) in [6, 6.07) is 0. The summed E-state index contributed by atoms with van der Waals surface area (Å²) in [5.74, 6) is 0.897. The molecule has 0 spiro atoms. The Kier molecular flexibility index (Phi) is 7.18. The molecule has 0 saturated heterocycles. The zero-order chi connectivity index (χ0) is 10.1. The first-order valence-electron chi connectivity index (χ1n) is 3.98. The summed E-state index contributed by atoms with van der Waals surface area (Å²) < 4.78 is 0. The fraction of sp³-hybridized carbons (Fsp3) is 0.714. The third kappa shape index (κ3) is 11.1.